The van der Waals surface area contributed by atoms with E-state index in [1.54, 1.807) is 48.4 Å². The van der Waals surface area contributed by atoms with Crippen LogP contribution in [0.4, 0.5) is 0 Å². The van der Waals surface area contributed by atoms with Crippen LogP contribution in [0.1, 0.15) is 22.8 Å². The van der Waals surface area contributed by atoms with Crippen LogP contribution in [0.3, 0.4) is 0 Å². The number of aliphatic carboxylic acids is 1. The van der Waals surface area contributed by atoms with Crippen molar-refractivity contribution in [3.8, 4) is 5.75 Å². The van der Waals surface area contributed by atoms with Crippen molar-refractivity contribution in [2.45, 2.75) is 13.0 Å². The molecule has 0 spiro atoms. The van der Waals surface area contributed by atoms with E-state index < -0.39 is 12.1 Å². The molecule has 2 rings (SSSR count). The fraction of sp³-hybridized carbons (Fsp3) is 0.188. The highest BCUT2D eigenvalue weighted by atomic mass is 16.5. The minimum absolute atomic E-state index is 0.197. The van der Waals surface area contributed by atoms with Gasteiger partial charge in [0.05, 0.1) is 6.20 Å². The maximum atomic E-state index is 12.1. The molecule has 1 heterocycles. The number of hydrogen-bond donors (Lipinski definition) is 1. The lowest BCUT2D eigenvalue weighted by Crippen LogP contribution is -2.22. The van der Waals surface area contributed by atoms with E-state index in [2.05, 4.69) is 5.10 Å². The van der Waals surface area contributed by atoms with Crippen LogP contribution < -0.4 is 4.74 Å². The molecule has 0 bridgehead atoms. The molecule has 1 atom stereocenters. The van der Waals surface area contributed by atoms with Gasteiger partial charge in [0.15, 0.2) is 11.9 Å². The fourth-order valence-electron chi connectivity index (χ4n) is 1.77. The summed E-state index contributed by atoms with van der Waals surface area (Å²) in [6.45, 7) is 1.43. The van der Waals surface area contributed by atoms with Gasteiger partial charge in [-0.25, -0.2) is 4.79 Å². The maximum absolute atomic E-state index is 12.1. The fourth-order valence-corrected chi connectivity index (χ4v) is 1.77. The van der Waals surface area contributed by atoms with Crippen LogP contribution in [0.15, 0.2) is 42.7 Å². The van der Waals surface area contributed by atoms with Gasteiger partial charge in [-0.1, -0.05) is 12.1 Å². The Balaban J connectivity index is 2.10. The first kappa shape index (κ1) is 15.5. The van der Waals surface area contributed by atoms with E-state index in [1.807, 2.05) is 0 Å². The van der Waals surface area contributed by atoms with E-state index in [4.69, 9.17) is 9.84 Å². The van der Waals surface area contributed by atoms with Gasteiger partial charge in [-0.2, -0.15) is 5.10 Å². The molecular weight excluding hydrogens is 284 g/mol. The first-order chi connectivity index (χ1) is 10.5. The van der Waals surface area contributed by atoms with Gasteiger partial charge in [-0.3, -0.25) is 9.48 Å². The lowest BCUT2D eigenvalue weighted by atomic mass is 10.1. The molecule has 0 aliphatic rings. The van der Waals surface area contributed by atoms with Crippen LogP contribution in [0.2, 0.25) is 0 Å². The number of benzene rings is 1. The summed E-state index contributed by atoms with van der Waals surface area (Å²) in [4.78, 5) is 22.9. The molecule has 22 heavy (non-hydrogen) atoms. The summed E-state index contributed by atoms with van der Waals surface area (Å²) in [5, 5.41) is 12.8. The van der Waals surface area contributed by atoms with Crippen molar-refractivity contribution in [1.82, 2.24) is 9.78 Å². The average Bonchev–Trinajstić information content (AvgIpc) is 2.90. The van der Waals surface area contributed by atoms with Gasteiger partial charge in [0.1, 0.15) is 5.75 Å². The molecule has 1 unspecified atom stereocenters. The van der Waals surface area contributed by atoms with Crippen LogP contribution in [0, 0.1) is 0 Å². The molecule has 1 aromatic heterocycles. The van der Waals surface area contributed by atoms with Crippen molar-refractivity contribution in [2.75, 3.05) is 0 Å². The number of carbonyl (C=O) groups excluding carboxylic acids is 1. The van der Waals surface area contributed by atoms with E-state index in [9.17, 15) is 9.59 Å². The number of carboxylic acids is 1. The second-order valence-corrected chi connectivity index (χ2v) is 4.77. The first-order valence-corrected chi connectivity index (χ1v) is 6.66. The number of carbonyl (C=O) groups is 2. The molecule has 1 N–H and O–H groups in total. The van der Waals surface area contributed by atoms with Crippen molar-refractivity contribution in [1.29, 1.82) is 0 Å². The van der Waals surface area contributed by atoms with E-state index >= 15 is 0 Å². The van der Waals surface area contributed by atoms with E-state index in [1.165, 1.54) is 19.1 Å². The minimum atomic E-state index is -1.06. The van der Waals surface area contributed by atoms with Gasteiger partial charge < -0.3 is 9.84 Å². The summed E-state index contributed by atoms with van der Waals surface area (Å²) < 4.78 is 6.89. The lowest BCUT2D eigenvalue weighted by molar-refractivity contribution is -0.144. The van der Waals surface area contributed by atoms with Crippen LogP contribution in [-0.4, -0.2) is 32.7 Å². The minimum Gasteiger partial charge on any atom is -0.479 e. The van der Waals surface area contributed by atoms with Crippen molar-refractivity contribution in [3.05, 3.63) is 53.9 Å². The Bertz CT molecular complexity index is 718. The normalized spacial score (nSPS) is 12.3. The highest BCUT2D eigenvalue weighted by Gasteiger charge is 2.13. The third kappa shape index (κ3) is 4.05. The Morgan fingerprint density at radius 2 is 2.18 bits per heavy atom. The number of ketones is 1. The van der Waals surface area contributed by atoms with Crippen LogP contribution >= 0.6 is 0 Å². The molecule has 0 saturated carbocycles. The Morgan fingerprint density at radius 3 is 2.82 bits per heavy atom. The third-order valence-electron chi connectivity index (χ3n) is 2.93. The summed E-state index contributed by atoms with van der Waals surface area (Å²) >= 11 is 0. The second kappa shape index (κ2) is 6.71. The summed E-state index contributed by atoms with van der Waals surface area (Å²) in [5.74, 6) is -0.916. The summed E-state index contributed by atoms with van der Waals surface area (Å²) in [6, 6.07) is 6.43. The van der Waals surface area contributed by atoms with Gasteiger partial charge in [-0.05, 0) is 31.2 Å². The second-order valence-electron chi connectivity index (χ2n) is 4.77. The predicted molar refractivity (Wildman–Crippen MR) is 80.7 cm³/mol. The van der Waals surface area contributed by atoms with Gasteiger partial charge in [-0.15, -0.1) is 0 Å². The number of aromatic nitrogens is 2. The molecule has 0 fully saturated rings. The third-order valence-corrected chi connectivity index (χ3v) is 2.93. The van der Waals surface area contributed by atoms with Gasteiger partial charge >= 0.3 is 5.97 Å². The van der Waals surface area contributed by atoms with Crippen molar-refractivity contribution < 1.29 is 19.4 Å². The van der Waals surface area contributed by atoms with Crippen LogP contribution in [0.5, 0.6) is 5.75 Å². The van der Waals surface area contributed by atoms with E-state index in [0.717, 1.165) is 5.56 Å². The standard InChI is InChI=1S/C16H16N2O4/c1-11(16(20)21)22-14-5-3-4-13(8-14)15(19)7-6-12-9-17-18(2)10-12/h3-11H,1-2H3,(H,20,21). The highest BCUT2D eigenvalue weighted by Crippen LogP contribution is 2.16. The summed E-state index contributed by atoms with van der Waals surface area (Å²) in [5.41, 5.74) is 1.25. The monoisotopic (exact) mass is 300 g/mol. The van der Waals surface area contributed by atoms with Crippen LogP contribution in [0.25, 0.3) is 6.08 Å². The molecule has 1 aromatic carbocycles. The number of allylic oxidation sites excluding steroid dienone is 1. The molecule has 6 heteroatoms. The van der Waals surface area contributed by atoms with Gasteiger partial charge in [0.25, 0.3) is 0 Å². The van der Waals surface area contributed by atoms with Crippen molar-refractivity contribution in [3.63, 3.8) is 0 Å². The Labute approximate surface area is 127 Å². The topological polar surface area (TPSA) is 81.4 Å². The smallest absolute Gasteiger partial charge is 0.344 e. The number of aryl methyl sites for hydroxylation is 1. The number of ether oxygens (including phenoxy) is 1. The van der Waals surface area contributed by atoms with Crippen molar-refractivity contribution >= 4 is 17.8 Å². The Hall–Kier alpha value is -2.89. The number of rotatable bonds is 6. The average molecular weight is 300 g/mol. The van der Waals surface area contributed by atoms with Crippen LogP contribution in [-0.2, 0) is 11.8 Å². The largest absolute Gasteiger partial charge is 0.479 e. The number of carboxylic acid groups (broad SMARTS) is 1. The van der Waals surface area contributed by atoms with E-state index in [0.29, 0.717) is 11.3 Å². The zero-order chi connectivity index (χ0) is 16.1. The molecule has 0 amide bonds. The zero-order valence-corrected chi connectivity index (χ0v) is 12.3. The van der Waals surface area contributed by atoms with E-state index in [-0.39, 0.29) is 5.78 Å². The quantitative estimate of drug-likeness (QED) is 0.653. The zero-order valence-electron chi connectivity index (χ0n) is 12.3. The summed E-state index contributed by atoms with van der Waals surface area (Å²) in [7, 11) is 1.80. The number of hydrogen-bond acceptors (Lipinski definition) is 4. The van der Waals surface area contributed by atoms with Crippen molar-refractivity contribution in [2.24, 2.45) is 7.05 Å². The van der Waals surface area contributed by atoms with Gasteiger partial charge in [0, 0.05) is 24.4 Å². The summed E-state index contributed by atoms with van der Waals surface area (Å²) in [6.07, 6.45) is 5.58. The Kier molecular flexibility index (Phi) is 4.73. The predicted octanol–water partition coefficient (Wildman–Crippen LogP) is 2.17. The molecule has 6 nitrogen and oxygen atoms in total. The Morgan fingerprint density at radius 1 is 1.41 bits per heavy atom. The lowest BCUT2D eigenvalue weighted by Gasteiger charge is -2.10. The molecular formula is C16H16N2O4. The molecule has 0 aliphatic carbocycles. The van der Waals surface area contributed by atoms with Gasteiger partial charge in [0.2, 0.25) is 0 Å². The highest BCUT2D eigenvalue weighted by molar-refractivity contribution is 6.07. The molecule has 2 aromatic rings. The number of nitrogens with zero attached hydrogens (tertiary/aromatic N) is 2. The molecule has 114 valence electrons. The SMILES string of the molecule is CC(Oc1cccc(C(=O)C=Cc2cnn(C)c2)c1)C(=O)O. The maximum Gasteiger partial charge on any atom is 0.344 e. The molecule has 0 aliphatic heterocycles. The molecule has 0 saturated heterocycles. The molecule has 0 radical (unpaired) electrons. The first-order valence-electron chi connectivity index (χ1n) is 6.66.